The van der Waals surface area contributed by atoms with Crippen LogP contribution in [0.15, 0.2) is 35.3 Å². The van der Waals surface area contributed by atoms with Gasteiger partial charge >= 0.3 is 0 Å². The molecule has 2 aromatic rings. The topological polar surface area (TPSA) is 118 Å². The van der Waals surface area contributed by atoms with Crippen LogP contribution in [0.3, 0.4) is 0 Å². The van der Waals surface area contributed by atoms with Crippen LogP contribution in [0, 0.1) is 11.3 Å². The van der Waals surface area contributed by atoms with Crippen molar-refractivity contribution in [1.29, 1.82) is 5.26 Å². The molecule has 0 saturated heterocycles. The van der Waals surface area contributed by atoms with Crippen molar-refractivity contribution in [3.05, 3.63) is 41.6 Å². The summed E-state index contributed by atoms with van der Waals surface area (Å²) in [6, 6.07) is 12.0. The number of aryl methyl sites for hydroxylation is 1. The molecule has 7 nitrogen and oxygen atoms in total. The van der Waals surface area contributed by atoms with E-state index in [-0.39, 0.29) is 0 Å². The Bertz CT molecular complexity index is 756. The van der Waals surface area contributed by atoms with Crippen molar-refractivity contribution in [2.45, 2.75) is 39.2 Å². The maximum absolute atomic E-state index is 9.39. The van der Waals surface area contributed by atoms with Crippen molar-refractivity contribution in [3.63, 3.8) is 0 Å². The SMILES string of the molecule is CCC(C)NC(N)=NCCCc1nn(-c2ccccc2)c(N)c1C#N. The Labute approximate surface area is 148 Å². The number of nitriles is 1. The molecule has 1 aromatic heterocycles. The average molecular weight is 339 g/mol. The quantitative estimate of drug-likeness (QED) is 0.405. The second-order valence-corrected chi connectivity index (χ2v) is 5.89. The highest BCUT2D eigenvalue weighted by Crippen LogP contribution is 2.21. The number of hydrogen-bond acceptors (Lipinski definition) is 4. The summed E-state index contributed by atoms with van der Waals surface area (Å²) in [4.78, 5) is 4.30. The van der Waals surface area contributed by atoms with Gasteiger partial charge in [0.25, 0.3) is 0 Å². The van der Waals surface area contributed by atoms with Crippen LogP contribution in [-0.2, 0) is 6.42 Å². The van der Waals surface area contributed by atoms with Crippen molar-refractivity contribution in [1.82, 2.24) is 15.1 Å². The smallest absolute Gasteiger partial charge is 0.188 e. The zero-order valence-electron chi connectivity index (χ0n) is 14.7. The maximum Gasteiger partial charge on any atom is 0.188 e. The lowest BCUT2D eigenvalue weighted by atomic mass is 10.1. The number of aromatic nitrogens is 2. The Morgan fingerprint density at radius 1 is 1.40 bits per heavy atom. The molecule has 0 saturated carbocycles. The van der Waals surface area contributed by atoms with Gasteiger partial charge in [-0.1, -0.05) is 25.1 Å². The zero-order valence-corrected chi connectivity index (χ0v) is 14.7. The Morgan fingerprint density at radius 3 is 2.76 bits per heavy atom. The van der Waals surface area contributed by atoms with Crippen LogP contribution in [0.4, 0.5) is 5.82 Å². The third kappa shape index (κ3) is 4.73. The van der Waals surface area contributed by atoms with E-state index in [1.54, 1.807) is 4.68 Å². The van der Waals surface area contributed by atoms with Crippen LogP contribution in [0.5, 0.6) is 0 Å². The highest BCUT2D eigenvalue weighted by molar-refractivity contribution is 5.78. The molecule has 25 heavy (non-hydrogen) atoms. The third-order valence-electron chi connectivity index (χ3n) is 3.97. The number of nitrogens with two attached hydrogens (primary N) is 2. The lowest BCUT2D eigenvalue weighted by Crippen LogP contribution is -2.38. The van der Waals surface area contributed by atoms with Crippen LogP contribution in [0.2, 0.25) is 0 Å². The number of rotatable bonds is 7. The number of hydrogen-bond donors (Lipinski definition) is 3. The highest BCUT2D eigenvalue weighted by Gasteiger charge is 2.15. The third-order valence-corrected chi connectivity index (χ3v) is 3.97. The van der Waals surface area contributed by atoms with E-state index in [2.05, 4.69) is 35.3 Å². The second kappa shape index (κ2) is 8.73. The number of nitrogen functional groups attached to an aromatic ring is 1. The molecule has 1 heterocycles. The fourth-order valence-corrected chi connectivity index (χ4v) is 2.39. The van der Waals surface area contributed by atoms with Crippen molar-refractivity contribution >= 4 is 11.8 Å². The van der Waals surface area contributed by atoms with Crippen LogP contribution in [-0.4, -0.2) is 28.3 Å². The predicted molar refractivity (Wildman–Crippen MR) is 100 cm³/mol. The molecule has 0 radical (unpaired) electrons. The molecule has 1 atom stereocenters. The second-order valence-electron chi connectivity index (χ2n) is 5.89. The van der Waals surface area contributed by atoms with E-state index in [1.165, 1.54) is 0 Å². The zero-order chi connectivity index (χ0) is 18.2. The van der Waals surface area contributed by atoms with E-state index >= 15 is 0 Å². The summed E-state index contributed by atoms with van der Waals surface area (Å²) in [6.07, 6.45) is 2.34. The van der Waals surface area contributed by atoms with E-state index in [9.17, 15) is 5.26 Å². The fraction of sp³-hybridized carbons (Fsp3) is 0.389. The van der Waals surface area contributed by atoms with Gasteiger partial charge in [0.1, 0.15) is 17.5 Å². The molecule has 1 unspecified atom stereocenters. The van der Waals surface area contributed by atoms with Gasteiger partial charge in [-0.05, 0) is 38.3 Å². The van der Waals surface area contributed by atoms with Crippen molar-refractivity contribution < 1.29 is 0 Å². The molecular formula is C18H25N7. The van der Waals surface area contributed by atoms with E-state index in [0.717, 1.165) is 18.5 Å². The normalized spacial score (nSPS) is 12.6. The molecule has 7 heteroatoms. The summed E-state index contributed by atoms with van der Waals surface area (Å²) >= 11 is 0. The number of aliphatic imine (C=N–C) groups is 1. The van der Waals surface area contributed by atoms with Gasteiger partial charge in [0.15, 0.2) is 5.96 Å². The maximum atomic E-state index is 9.39. The summed E-state index contributed by atoms with van der Waals surface area (Å²) in [6.45, 7) is 4.71. The molecule has 0 aliphatic carbocycles. The highest BCUT2D eigenvalue weighted by atomic mass is 15.3. The summed E-state index contributed by atoms with van der Waals surface area (Å²) in [5.41, 5.74) is 13.9. The monoisotopic (exact) mass is 339 g/mol. The molecule has 5 N–H and O–H groups in total. The molecule has 0 aliphatic rings. The molecular weight excluding hydrogens is 314 g/mol. The number of nitrogens with zero attached hydrogens (tertiary/aromatic N) is 4. The molecule has 0 bridgehead atoms. The van der Waals surface area contributed by atoms with Gasteiger partial charge < -0.3 is 16.8 Å². The van der Waals surface area contributed by atoms with Crippen molar-refractivity contribution in [2.24, 2.45) is 10.7 Å². The van der Waals surface area contributed by atoms with Gasteiger partial charge in [-0.3, -0.25) is 4.99 Å². The Morgan fingerprint density at radius 2 is 2.12 bits per heavy atom. The van der Waals surface area contributed by atoms with E-state index in [1.807, 2.05) is 30.3 Å². The Hall–Kier alpha value is -3.01. The Balaban J connectivity index is 2.03. The fourth-order valence-electron chi connectivity index (χ4n) is 2.39. The number of anilines is 1. The van der Waals surface area contributed by atoms with Crippen molar-refractivity contribution in [2.75, 3.05) is 12.3 Å². The average Bonchev–Trinajstić information content (AvgIpc) is 2.94. The number of benzene rings is 1. The van der Waals surface area contributed by atoms with Gasteiger partial charge in [-0.25, -0.2) is 4.68 Å². The van der Waals surface area contributed by atoms with E-state index < -0.39 is 0 Å². The first-order chi connectivity index (χ1) is 12.1. The standard InChI is InChI=1S/C18H25N7/c1-3-13(2)23-18(21)22-11-7-10-16-15(12-19)17(20)25(24-16)14-8-5-4-6-9-14/h4-6,8-9,13H,3,7,10-11,20H2,1-2H3,(H3,21,22,23). The number of guanidine groups is 1. The first kappa shape index (κ1) is 18.3. The van der Waals surface area contributed by atoms with E-state index in [0.29, 0.717) is 42.0 Å². The van der Waals surface area contributed by atoms with E-state index in [4.69, 9.17) is 11.5 Å². The Kier molecular flexibility index (Phi) is 6.40. The molecule has 0 amide bonds. The van der Waals surface area contributed by atoms with Crippen LogP contribution in [0.25, 0.3) is 5.69 Å². The minimum Gasteiger partial charge on any atom is -0.382 e. The molecule has 0 aliphatic heterocycles. The molecule has 2 rings (SSSR count). The van der Waals surface area contributed by atoms with Crippen LogP contribution < -0.4 is 16.8 Å². The lowest BCUT2D eigenvalue weighted by molar-refractivity contribution is 0.635. The first-order valence-corrected chi connectivity index (χ1v) is 8.46. The lowest BCUT2D eigenvalue weighted by Gasteiger charge is -2.11. The predicted octanol–water partition coefficient (Wildman–Crippen LogP) is 1.96. The molecule has 0 spiro atoms. The van der Waals surface area contributed by atoms with Crippen LogP contribution in [0.1, 0.15) is 37.9 Å². The minimum absolute atomic E-state index is 0.301. The largest absolute Gasteiger partial charge is 0.382 e. The van der Waals surface area contributed by atoms with Gasteiger partial charge in [-0.15, -0.1) is 0 Å². The summed E-state index contributed by atoms with van der Waals surface area (Å²) < 4.78 is 1.61. The molecule has 132 valence electrons. The first-order valence-electron chi connectivity index (χ1n) is 8.46. The summed E-state index contributed by atoms with van der Waals surface area (Å²) in [7, 11) is 0. The van der Waals surface area contributed by atoms with Gasteiger partial charge in [0.05, 0.1) is 11.4 Å². The molecule has 1 aromatic carbocycles. The summed E-state index contributed by atoms with van der Waals surface area (Å²) in [5, 5.41) is 17.0. The minimum atomic E-state index is 0.301. The molecule has 0 fully saturated rings. The number of nitrogens with one attached hydrogen (secondary N) is 1. The number of para-hydroxylation sites is 1. The van der Waals surface area contributed by atoms with Gasteiger partial charge in [-0.2, -0.15) is 10.4 Å². The van der Waals surface area contributed by atoms with Crippen LogP contribution >= 0.6 is 0 Å². The van der Waals surface area contributed by atoms with Gasteiger partial charge in [0.2, 0.25) is 0 Å². The summed E-state index contributed by atoms with van der Waals surface area (Å²) in [5.74, 6) is 0.814. The van der Waals surface area contributed by atoms with Crippen molar-refractivity contribution in [3.8, 4) is 11.8 Å². The van der Waals surface area contributed by atoms with Gasteiger partial charge in [0, 0.05) is 12.6 Å².